The van der Waals surface area contributed by atoms with E-state index >= 15 is 0 Å². The molecule has 2 heterocycles. The Labute approximate surface area is 163 Å². The lowest BCUT2D eigenvalue weighted by Gasteiger charge is -2.31. The number of rotatable bonds is 7. The van der Waals surface area contributed by atoms with Crippen LogP contribution in [0, 0.1) is 5.41 Å². The maximum absolute atomic E-state index is 12.5. The van der Waals surface area contributed by atoms with E-state index in [1.807, 2.05) is 0 Å². The van der Waals surface area contributed by atoms with Crippen LogP contribution in [-0.4, -0.2) is 54.9 Å². The first-order valence-corrected chi connectivity index (χ1v) is 9.53. The molecular formula is C20H26N4O4. The van der Waals surface area contributed by atoms with Gasteiger partial charge in [0.05, 0.1) is 13.0 Å². The first kappa shape index (κ1) is 19.9. The van der Waals surface area contributed by atoms with Crippen molar-refractivity contribution < 1.29 is 18.7 Å². The normalized spacial score (nSPS) is 15.5. The van der Waals surface area contributed by atoms with Crippen molar-refractivity contribution in [2.75, 3.05) is 26.2 Å². The molecule has 0 spiro atoms. The molecule has 1 aromatic heterocycles. The molecule has 1 fully saturated rings. The zero-order valence-corrected chi connectivity index (χ0v) is 16.0. The molecule has 8 heteroatoms. The Kier molecular flexibility index (Phi) is 6.30. The van der Waals surface area contributed by atoms with Crippen LogP contribution in [0.4, 0.5) is 0 Å². The number of fused-ring (bicyclic) bond motifs is 1. The number of carbonyl (C=O) groups is 2. The molecule has 0 aliphatic carbocycles. The second-order valence-corrected chi connectivity index (χ2v) is 6.92. The predicted molar refractivity (Wildman–Crippen MR) is 105 cm³/mol. The number of piperidine rings is 1. The maximum atomic E-state index is 12.5. The zero-order valence-electron chi connectivity index (χ0n) is 16.0. The Morgan fingerprint density at radius 2 is 2.07 bits per heavy atom. The standard InChI is InChI=1S/C20H26N4O4/c1-2-27-18(25)7-10-24-8-5-15(6-9-24)23-20(26)17-12-14-11-13(19(21)22)3-4-16(14)28-17/h3-4,11-12,15H,2,5-10H2,1H3,(H3,21,22)(H,23,26). The molecule has 0 saturated carbocycles. The summed E-state index contributed by atoms with van der Waals surface area (Å²) in [6.45, 7) is 4.54. The molecule has 8 nitrogen and oxygen atoms in total. The van der Waals surface area contributed by atoms with Gasteiger partial charge in [-0.25, -0.2) is 0 Å². The third-order valence-electron chi connectivity index (χ3n) is 4.91. The summed E-state index contributed by atoms with van der Waals surface area (Å²) < 4.78 is 10.6. The fourth-order valence-electron chi connectivity index (χ4n) is 3.36. The van der Waals surface area contributed by atoms with Crippen molar-refractivity contribution >= 4 is 28.7 Å². The number of likely N-dealkylation sites (tertiary alicyclic amines) is 1. The van der Waals surface area contributed by atoms with Crippen LogP contribution in [0.15, 0.2) is 28.7 Å². The van der Waals surface area contributed by atoms with Crippen molar-refractivity contribution in [3.63, 3.8) is 0 Å². The molecule has 0 unspecified atom stereocenters. The number of esters is 1. The van der Waals surface area contributed by atoms with Gasteiger partial charge in [-0.05, 0) is 44.0 Å². The van der Waals surface area contributed by atoms with Crippen LogP contribution in [0.1, 0.15) is 42.3 Å². The largest absolute Gasteiger partial charge is 0.466 e. The average molecular weight is 386 g/mol. The number of hydrogen-bond acceptors (Lipinski definition) is 6. The SMILES string of the molecule is CCOC(=O)CCN1CCC(NC(=O)c2cc3cc(C(=N)N)ccc3o2)CC1. The Morgan fingerprint density at radius 1 is 1.32 bits per heavy atom. The first-order chi connectivity index (χ1) is 13.5. The highest BCUT2D eigenvalue weighted by atomic mass is 16.5. The molecule has 3 rings (SSSR count). The second kappa shape index (κ2) is 8.88. The Hall–Kier alpha value is -2.87. The minimum Gasteiger partial charge on any atom is -0.466 e. The summed E-state index contributed by atoms with van der Waals surface area (Å²) in [5.74, 6) is -0.189. The van der Waals surface area contributed by atoms with Crippen LogP contribution >= 0.6 is 0 Å². The van der Waals surface area contributed by atoms with Crippen LogP contribution in [-0.2, 0) is 9.53 Å². The van der Waals surface area contributed by atoms with E-state index < -0.39 is 0 Å². The van der Waals surface area contributed by atoms with Gasteiger partial charge in [0.15, 0.2) is 5.76 Å². The first-order valence-electron chi connectivity index (χ1n) is 9.53. The van der Waals surface area contributed by atoms with E-state index in [0.29, 0.717) is 30.7 Å². The summed E-state index contributed by atoms with van der Waals surface area (Å²) in [6.07, 6.45) is 2.04. The van der Waals surface area contributed by atoms with Crippen molar-refractivity contribution in [2.45, 2.75) is 32.2 Å². The van der Waals surface area contributed by atoms with E-state index in [1.54, 1.807) is 31.2 Å². The zero-order chi connectivity index (χ0) is 20.1. The van der Waals surface area contributed by atoms with E-state index in [2.05, 4.69) is 10.2 Å². The van der Waals surface area contributed by atoms with Gasteiger partial charge < -0.3 is 25.1 Å². The van der Waals surface area contributed by atoms with Gasteiger partial charge in [0.2, 0.25) is 0 Å². The third-order valence-corrected chi connectivity index (χ3v) is 4.91. The number of nitrogens with one attached hydrogen (secondary N) is 2. The molecule has 0 bridgehead atoms. The van der Waals surface area contributed by atoms with Gasteiger partial charge in [-0.1, -0.05) is 0 Å². The van der Waals surface area contributed by atoms with E-state index in [0.717, 1.165) is 31.3 Å². The van der Waals surface area contributed by atoms with Crippen molar-refractivity contribution in [3.8, 4) is 0 Å². The summed E-state index contributed by atoms with van der Waals surface area (Å²) in [5.41, 5.74) is 6.68. The van der Waals surface area contributed by atoms with Crippen molar-refractivity contribution in [1.82, 2.24) is 10.2 Å². The van der Waals surface area contributed by atoms with Gasteiger partial charge >= 0.3 is 5.97 Å². The fourth-order valence-corrected chi connectivity index (χ4v) is 3.36. The molecular weight excluding hydrogens is 360 g/mol. The maximum Gasteiger partial charge on any atom is 0.307 e. The van der Waals surface area contributed by atoms with Crippen molar-refractivity contribution in [2.24, 2.45) is 5.73 Å². The van der Waals surface area contributed by atoms with Crippen LogP contribution in [0.5, 0.6) is 0 Å². The number of furan rings is 1. The lowest BCUT2D eigenvalue weighted by Crippen LogP contribution is -2.45. The fraction of sp³-hybridized carbons (Fsp3) is 0.450. The van der Waals surface area contributed by atoms with Gasteiger partial charge in [-0.15, -0.1) is 0 Å². The number of amides is 1. The molecule has 28 heavy (non-hydrogen) atoms. The summed E-state index contributed by atoms with van der Waals surface area (Å²) in [6, 6.07) is 6.89. The van der Waals surface area contributed by atoms with Gasteiger partial charge in [0, 0.05) is 36.6 Å². The van der Waals surface area contributed by atoms with Gasteiger partial charge in [-0.2, -0.15) is 0 Å². The number of amidine groups is 1. The van der Waals surface area contributed by atoms with Crippen LogP contribution < -0.4 is 11.1 Å². The molecule has 1 aromatic carbocycles. The number of ether oxygens (including phenoxy) is 1. The van der Waals surface area contributed by atoms with E-state index in [4.69, 9.17) is 20.3 Å². The number of nitrogens with two attached hydrogens (primary N) is 1. The molecule has 1 aliphatic rings. The van der Waals surface area contributed by atoms with E-state index in [-0.39, 0.29) is 29.5 Å². The second-order valence-electron chi connectivity index (χ2n) is 6.92. The summed E-state index contributed by atoms with van der Waals surface area (Å²) >= 11 is 0. The number of hydrogen-bond donors (Lipinski definition) is 3. The molecule has 2 aromatic rings. The Balaban J connectivity index is 1.51. The molecule has 4 N–H and O–H groups in total. The van der Waals surface area contributed by atoms with Crippen molar-refractivity contribution in [3.05, 3.63) is 35.6 Å². The number of benzene rings is 1. The van der Waals surface area contributed by atoms with Gasteiger partial charge in [-0.3, -0.25) is 15.0 Å². The van der Waals surface area contributed by atoms with Gasteiger partial charge in [0.25, 0.3) is 5.91 Å². The Bertz CT molecular complexity index is 868. The third kappa shape index (κ3) is 4.89. The minimum atomic E-state index is -0.245. The van der Waals surface area contributed by atoms with Gasteiger partial charge in [0.1, 0.15) is 11.4 Å². The summed E-state index contributed by atoms with van der Waals surface area (Å²) in [4.78, 5) is 26.2. The lowest BCUT2D eigenvalue weighted by molar-refractivity contribution is -0.143. The van der Waals surface area contributed by atoms with Crippen LogP contribution in [0.25, 0.3) is 11.0 Å². The van der Waals surface area contributed by atoms with E-state index in [1.165, 1.54) is 0 Å². The summed E-state index contributed by atoms with van der Waals surface area (Å²) in [5, 5.41) is 11.3. The lowest BCUT2D eigenvalue weighted by atomic mass is 10.0. The topological polar surface area (TPSA) is 122 Å². The molecule has 0 atom stereocenters. The minimum absolute atomic E-state index is 0.0242. The monoisotopic (exact) mass is 386 g/mol. The average Bonchev–Trinajstić information content (AvgIpc) is 3.11. The number of nitrogens with zero attached hydrogens (tertiary/aromatic N) is 1. The van der Waals surface area contributed by atoms with E-state index in [9.17, 15) is 9.59 Å². The highest BCUT2D eigenvalue weighted by molar-refractivity contribution is 6.00. The number of carbonyl (C=O) groups excluding carboxylic acids is 2. The molecule has 1 aliphatic heterocycles. The molecule has 150 valence electrons. The molecule has 1 saturated heterocycles. The smallest absolute Gasteiger partial charge is 0.307 e. The highest BCUT2D eigenvalue weighted by Crippen LogP contribution is 2.21. The summed E-state index contributed by atoms with van der Waals surface area (Å²) in [7, 11) is 0. The van der Waals surface area contributed by atoms with Crippen LogP contribution in [0.3, 0.4) is 0 Å². The number of nitrogen functional groups attached to an aromatic ring is 1. The quantitative estimate of drug-likeness (QED) is 0.379. The van der Waals surface area contributed by atoms with Crippen molar-refractivity contribution in [1.29, 1.82) is 5.41 Å². The molecule has 1 amide bonds. The molecule has 0 radical (unpaired) electrons. The highest BCUT2D eigenvalue weighted by Gasteiger charge is 2.23. The predicted octanol–water partition coefficient (Wildman–Crippen LogP) is 1.86. The van der Waals surface area contributed by atoms with Crippen LogP contribution in [0.2, 0.25) is 0 Å². The Morgan fingerprint density at radius 3 is 2.75 bits per heavy atom.